The molecular formula is C71H134N2O21. The van der Waals surface area contributed by atoms with Crippen molar-refractivity contribution in [2.45, 2.75) is 407 Å². The highest BCUT2D eigenvalue weighted by Gasteiger charge is 2.60. The number of carboxylic acids is 1. The molecule has 3 aliphatic rings. The molecule has 0 spiro atoms. The quantitative estimate of drug-likeness (QED) is 0.0256. The normalized spacial score (nSPS) is 27.8. The summed E-state index contributed by atoms with van der Waals surface area (Å²) in [5.74, 6) is -6.09. The largest absolute Gasteiger partial charge is 0.477 e. The van der Waals surface area contributed by atoms with Crippen molar-refractivity contribution in [1.82, 2.24) is 10.6 Å². The van der Waals surface area contributed by atoms with Crippen molar-refractivity contribution < 1.29 is 104 Å². The van der Waals surface area contributed by atoms with Gasteiger partial charge in [0.25, 0.3) is 5.79 Å². The summed E-state index contributed by atoms with van der Waals surface area (Å²) in [6, 6.07) is -2.52. The summed E-state index contributed by atoms with van der Waals surface area (Å²) in [7, 11) is 0. The Labute approximate surface area is 563 Å². The Morgan fingerprint density at radius 1 is 0.511 bits per heavy atom. The molecule has 0 saturated carbocycles. The van der Waals surface area contributed by atoms with Crippen molar-refractivity contribution in [1.29, 1.82) is 0 Å². The number of ether oxygens (including phenoxy) is 6. The first-order valence-electron chi connectivity index (χ1n) is 37.4. The minimum Gasteiger partial charge on any atom is -0.477 e. The van der Waals surface area contributed by atoms with Gasteiger partial charge in [0.2, 0.25) is 11.8 Å². The van der Waals surface area contributed by atoms with Crippen LogP contribution in [0.1, 0.15) is 297 Å². The molecule has 2 amide bonds. The molecule has 3 aliphatic heterocycles. The van der Waals surface area contributed by atoms with Gasteiger partial charge in [0.15, 0.2) is 12.6 Å². The van der Waals surface area contributed by atoms with E-state index in [1.807, 2.05) is 0 Å². The maximum Gasteiger partial charge on any atom is 0.364 e. The van der Waals surface area contributed by atoms with Gasteiger partial charge in [-0.2, -0.15) is 0 Å². The van der Waals surface area contributed by atoms with Crippen molar-refractivity contribution in [2.75, 3.05) is 26.4 Å². The summed E-state index contributed by atoms with van der Waals surface area (Å²) in [5, 5.41) is 136. The Kier molecular flexibility index (Phi) is 47.4. The van der Waals surface area contributed by atoms with Gasteiger partial charge < -0.3 is 100 Å². The van der Waals surface area contributed by atoms with Gasteiger partial charge in [0, 0.05) is 19.8 Å². The van der Waals surface area contributed by atoms with E-state index in [0.717, 1.165) is 51.9 Å². The van der Waals surface area contributed by atoms with Crippen molar-refractivity contribution in [3.05, 3.63) is 0 Å². The SMILES string of the molecule is CCCCCCCCCCCCCCCCCCCCCCCCCCC(O)C(COC1OC(CO)C(OC2OC(CO)C(O)C(OC3(C(=O)O)CC(O)C(NC(C)=O)C(C(O)C(O)CO)O3)C2O)C(O)C1O)NC(=O)CCCCCCCCCCCCCCCCCC. The number of aliphatic hydroxyl groups is 11. The predicted octanol–water partition coefficient (Wildman–Crippen LogP) is 8.07. The predicted molar refractivity (Wildman–Crippen MR) is 357 cm³/mol. The maximum absolute atomic E-state index is 13.5. The molecule has 3 fully saturated rings. The lowest BCUT2D eigenvalue weighted by Crippen LogP contribution is -2.70. The van der Waals surface area contributed by atoms with E-state index in [2.05, 4.69) is 24.5 Å². The second kappa shape index (κ2) is 51.8. The number of amides is 2. The fraction of sp³-hybridized carbons (Fsp3) is 0.958. The number of rotatable bonds is 58. The zero-order chi connectivity index (χ0) is 68.9. The van der Waals surface area contributed by atoms with Crippen LogP contribution in [-0.2, 0) is 42.8 Å². The van der Waals surface area contributed by atoms with Crippen LogP contribution in [0.2, 0.25) is 0 Å². The number of carbonyl (C=O) groups is 3. The highest BCUT2D eigenvalue weighted by Crippen LogP contribution is 2.39. The minimum absolute atomic E-state index is 0.229. The first-order chi connectivity index (χ1) is 45.4. The maximum atomic E-state index is 13.5. The number of aliphatic hydroxyl groups excluding tert-OH is 11. The van der Waals surface area contributed by atoms with E-state index in [4.69, 9.17) is 28.4 Å². The molecule has 0 aromatic carbocycles. The fourth-order valence-electron chi connectivity index (χ4n) is 13.4. The van der Waals surface area contributed by atoms with Gasteiger partial charge in [-0.25, -0.2) is 4.79 Å². The van der Waals surface area contributed by atoms with Crippen LogP contribution >= 0.6 is 0 Å². The van der Waals surface area contributed by atoms with Crippen LogP contribution in [0.3, 0.4) is 0 Å². The summed E-state index contributed by atoms with van der Waals surface area (Å²) >= 11 is 0. The molecule has 23 nitrogen and oxygen atoms in total. The van der Waals surface area contributed by atoms with Crippen molar-refractivity contribution >= 4 is 17.8 Å². The Morgan fingerprint density at radius 2 is 0.926 bits per heavy atom. The third kappa shape index (κ3) is 33.3. The van der Waals surface area contributed by atoms with E-state index in [1.165, 1.54) is 199 Å². The van der Waals surface area contributed by atoms with Crippen LogP contribution in [0.15, 0.2) is 0 Å². The van der Waals surface area contributed by atoms with Crippen LogP contribution < -0.4 is 10.6 Å². The molecule has 3 saturated heterocycles. The van der Waals surface area contributed by atoms with Gasteiger partial charge in [0.05, 0.1) is 50.7 Å². The fourth-order valence-corrected chi connectivity index (χ4v) is 13.4. The van der Waals surface area contributed by atoms with Gasteiger partial charge >= 0.3 is 5.97 Å². The molecule has 18 atom stereocenters. The monoisotopic (exact) mass is 1350 g/mol. The zero-order valence-corrected chi connectivity index (χ0v) is 58.1. The molecule has 0 bridgehead atoms. The second-order valence-corrected chi connectivity index (χ2v) is 27.5. The lowest BCUT2D eigenvalue weighted by atomic mass is 9.88. The Bertz CT molecular complexity index is 1900. The lowest BCUT2D eigenvalue weighted by molar-refractivity contribution is -0.386. The van der Waals surface area contributed by atoms with E-state index < -0.39 is 148 Å². The molecule has 3 heterocycles. The second-order valence-electron chi connectivity index (χ2n) is 27.5. The Morgan fingerprint density at radius 3 is 1.33 bits per heavy atom. The van der Waals surface area contributed by atoms with E-state index >= 15 is 0 Å². The average Bonchev–Trinajstić information content (AvgIpc) is 0.761. The number of aliphatic carboxylic acids is 1. The standard InChI is InChI=1S/C71H134N2O21/c1-4-6-8-10-12-14-16-18-20-22-23-24-25-26-27-28-29-30-32-34-36-38-40-42-44-53(78)52(73-58(81)45-43-41-39-37-35-33-31-21-19-17-15-13-11-9-7-5-2)50-89-68-63(85)62(84)65(57(49-76)91-68)92-69-64(86)67(61(83)56(48-75)90-69)94-71(70(87)88)46-54(79)59(72-51(3)77)66(93-71)60(82)55(80)47-74/h52-57,59-69,74-76,78-80,82-86H,4-50H2,1-3H3,(H,72,77)(H,73,81)(H,87,88). The summed E-state index contributed by atoms with van der Waals surface area (Å²) in [6.07, 6.45) is 21.0. The van der Waals surface area contributed by atoms with Gasteiger partial charge in [-0.05, 0) is 12.8 Å². The zero-order valence-electron chi connectivity index (χ0n) is 58.1. The van der Waals surface area contributed by atoms with Crippen LogP contribution in [-0.4, -0.2) is 215 Å². The van der Waals surface area contributed by atoms with E-state index in [-0.39, 0.29) is 18.9 Å². The van der Waals surface area contributed by atoms with Gasteiger partial charge in [-0.15, -0.1) is 0 Å². The highest BCUT2D eigenvalue weighted by atomic mass is 16.8. The van der Waals surface area contributed by atoms with Crippen LogP contribution in [0, 0.1) is 0 Å². The summed E-state index contributed by atoms with van der Waals surface area (Å²) < 4.78 is 34.9. The number of hydrogen-bond acceptors (Lipinski definition) is 20. The minimum atomic E-state index is -3.08. The van der Waals surface area contributed by atoms with Crippen LogP contribution in [0.5, 0.6) is 0 Å². The highest BCUT2D eigenvalue weighted by molar-refractivity contribution is 5.77. The number of nitrogens with one attached hydrogen (secondary N) is 2. The third-order valence-electron chi connectivity index (χ3n) is 19.3. The van der Waals surface area contributed by atoms with Gasteiger partial charge in [0.1, 0.15) is 67.1 Å². The molecule has 3 rings (SSSR count). The molecule has 14 N–H and O–H groups in total. The number of hydrogen-bond donors (Lipinski definition) is 14. The van der Waals surface area contributed by atoms with E-state index in [0.29, 0.717) is 19.3 Å². The van der Waals surface area contributed by atoms with E-state index in [1.54, 1.807) is 0 Å². The molecule has 0 aromatic heterocycles. The first kappa shape index (κ1) is 86.0. The van der Waals surface area contributed by atoms with Gasteiger partial charge in [-0.3, -0.25) is 9.59 Å². The smallest absolute Gasteiger partial charge is 0.364 e. The summed E-state index contributed by atoms with van der Waals surface area (Å²) in [4.78, 5) is 38.6. The number of carbonyl (C=O) groups excluding carboxylic acids is 2. The Hall–Kier alpha value is -2.27. The number of carboxylic acid groups (broad SMARTS) is 1. The molecular weight excluding hydrogens is 1220 g/mol. The summed E-state index contributed by atoms with van der Waals surface area (Å²) in [5.41, 5.74) is 0. The Balaban J connectivity index is 1.55. The first-order valence-corrected chi connectivity index (χ1v) is 37.4. The molecule has 0 radical (unpaired) electrons. The number of unbranched alkanes of at least 4 members (excludes halogenated alkanes) is 38. The van der Waals surface area contributed by atoms with Gasteiger partial charge in [-0.1, -0.05) is 264 Å². The summed E-state index contributed by atoms with van der Waals surface area (Å²) in [6.45, 7) is 2.24. The molecule has 18 unspecified atom stereocenters. The topological polar surface area (TPSA) is 373 Å². The molecule has 554 valence electrons. The van der Waals surface area contributed by atoms with E-state index in [9.17, 15) is 75.7 Å². The van der Waals surface area contributed by atoms with Crippen molar-refractivity contribution in [3.63, 3.8) is 0 Å². The molecule has 23 heteroatoms. The van der Waals surface area contributed by atoms with Crippen molar-refractivity contribution in [2.24, 2.45) is 0 Å². The van der Waals surface area contributed by atoms with Crippen LogP contribution in [0.25, 0.3) is 0 Å². The molecule has 0 aliphatic carbocycles. The molecule has 0 aromatic rings. The van der Waals surface area contributed by atoms with Crippen LogP contribution in [0.4, 0.5) is 0 Å². The van der Waals surface area contributed by atoms with Crippen molar-refractivity contribution in [3.8, 4) is 0 Å². The third-order valence-corrected chi connectivity index (χ3v) is 19.3. The molecule has 94 heavy (non-hydrogen) atoms. The average molecular weight is 1350 g/mol. The lowest BCUT2D eigenvalue weighted by Gasteiger charge is -2.50.